The normalized spacial score (nSPS) is 26.0. The van der Waals surface area contributed by atoms with E-state index in [9.17, 15) is 4.79 Å². The third-order valence-corrected chi connectivity index (χ3v) is 4.24. The summed E-state index contributed by atoms with van der Waals surface area (Å²) in [6.07, 6.45) is 4.93. The summed E-state index contributed by atoms with van der Waals surface area (Å²) in [5.41, 5.74) is 1.17. The minimum absolute atomic E-state index is 0.0696. The van der Waals surface area contributed by atoms with E-state index in [2.05, 4.69) is 11.4 Å². The van der Waals surface area contributed by atoms with Crippen molar-refractivity contribution in [2.75, 3.05) is 13.1 Å². The zero-order valence-electron chi connectivity index (χ0n) is 11.1. The summed E-state index contributed by atoms with van der Waals surface area (Å²) in [7, 11) is 1.83. The number of hydrogen-bond donors (Lipinski definition) is 1. The molecule has 19 heavy (non-hydrogen) atoms. The van der Waals surface area contributed by atoms with E-state index in [1.807, 2.05) is 11.9 Å². The lowest BCUT2D eigenvalue weighted by atomic mass is 10.1. The van der Waals surface area contributed by atoms with Gasteiger partial charge in [0.2, 0.25) is 0 Å². The van der Waals surface area contributed by atoms with E-state index in [0.717, 1.165) is 32.4 Å². The third-order valence-electron chi connectivity index (χ3n) is 4.24. The maximum atomic E-state index is 12.7. The number of nitrogens with zero attached hydrogens (tertiary/aromatic N) is 3. The fourth-order valence-corrected chi connectivity index (χ4v) is 3.28. The number of hydrogen-bond acceptors (Lipinski definition) is 3. The number of nitriles is 1. The zero-order valence-corrected chi connectivity index (χ0v) is 11.1. The molecular formula is C14H18N4O. The molecule has 3 heterocycles. The Kier molecular flexibility index (Phi) is 3.03. The largest absolute Gasteiger partial charge is 0.345 e. The molecule has 0 aliphatic carbocycles. The second kappa shape index (κ2) is 4.71. The molecule has 1 aromatic rings. The number of fused-ring (bicyclic) bond motifs is 2. The van der Waals surface area contributed by atoms with Crippen LogP contribution in [0.5, 0.6) is 0 Å². The average molecular weight is 258 g/mol. The molecule has 2 atom stereocenters. The molecule has 0 spiro atoms. The summed E-state index contributed by atoms with van der Waals surface area (Å²) < 4.78 is 1.76. The molecular weight excluding hydrogens is 240 g/mol. The molecule has 2 fully saturated rings. The quantitative estimate of drug-likeness (QED) is 0.813. The van der Waals surface area contributed by atoms with E-state index in [4.69, 9.17) is 5.26 Å². The van der Waals surface area contributed by atoms with Crippen LogP contribution < -0.4 is 5.32 Å². The number of amides is 1. The van der Waals surface area contributed by atoms with Gasteiger partial charge in [-0.2, -0.15) is 5.26 Å². The molecule has 1 aromatic heterocycles. The molecule has 1 amide bonds. The molecule has 2 aliphatic heterocycles. The van der Waals surface area contributed by atoms with E-state index < -0.39 is 0 Å². The van der Waals surface area contributed by atoms with Gasteiger partial charge in [-0.25, -0.2) is 0 Å². The molecule has 0 radical (unpaired) electrons. The summed E-state index contributed by atoms with van der Waals surface area (Å²) in [5.74, 6) is 0.0696. The molecule has 100 valence electrons. The zero-order chi connectivity index (χ0) is 13.4. The van der Waals surface area contributed by atoms with Gasteiger partial charge in [0.05, 0.1) is 5.56 Å². The lowest BCUT2D eigenvalue weighted by Gasteiger charge is -2.28. The molecule has 2 bridgehead atoms. The van der Waals surface area contributed by atoms with Crippen molar-refractivity contribution in [1.29, 1.82) is 5.26 Å². The topological polar surface area (TPSA) is 61.1 Å². The summed E-state index contributed by atoms with van der Waals surface area (Å²) in [6, 6.07) is 4.45. The van der Waals surface area contributed by atoms with E-state index in [-0.39, 0.29) is 5.91 Å². The smallest absolute Gasteiger partial charge is 0.271 e. The molecule has 3 rings (SSSR count). The average Bonchev–Trinajstić information content (AvgIpc) is 2.88. The van der Waals surface area contributed by atoms with Crippen LogP contribution in [0.2, 0.25) is 0 Å². The van der Waals surface area contributed by atoms with Gasteiger partial charge < -0.3 is 14.8 Å². The van der Waals surface area contributed by atoms with Crippen LogP contribution in [-0.4, -0.2) is 40.5 Å². The maximum absolute atomic E-state index is 12.7. The first-order valence-electron chi connectivity index (χ1n) is 6.80. The van der Waals surface area contributed by atoms with Gasteiger partial charge in [-0.3, -0.25) is 4.79 Å². The number of carbonyl (C=O) groups is 1. The van der Waals surface area contributed by atoms with Crippen molar-refractivity contribution in [3.63, 3.8) is 0 Å². The maximum Gasteiger partial charge on any atom is 0.271 e. The van der Waals surface area contributed by atoms with Crippen molar-refractivity contribution in [3.8, 4) is 6.07 Å². The van der Waals surface area contributed by atoms with E-state index in [0.29, 0.717) is 23.3 Å². The predicted molar refractivity (Wildman–Crippen MR) is 70.6 cm³/mol. The molecule has 2 aliphatic rings. The number of aryl methyl sites for hydroxylation is 1. The Bertz CT molecular complexity index is 528. The lowest BCUT2D eigenvalue weighted by molar-refractivity contribution is 0.0670. The summed E-state index contributed by atoms with van der Waals surface area (Å²) in [5, 5.41) is 12.3. The van der Waals surface area contributed by atoms with Gasteiger partial charge >= 0.3 is 0 Å². The highest BCUT2D eigenvalue weighted by Gasteiger charge is 2.39. The Morgan fingerprint density at radius 1 is 1.42 bits per heavy atom. The van der Waals surface area contributed by atoms with Gasteiger partial charge in [-0.05, 0) is 31.9 Å². The summed E-state index contributed by atoms with van der Waals surface area (Å²) in [6.45, 7) is 1.87. The van der Waals surface area contributed by atoms with Crippen LogP contribution >= 0.6 is 0 Å². The summed E-state index contributed by atoms with van der Waals surface area (Å²) in [4.78, 5) is 14.8. The molecule has 1 N–H and O–H groups in total. The summed E-state index contributed by atoms with van der Waals surface area (Å²) >= 11 is 0. The SMILES string of the molecule is Cn1cc(C#N)cc1C(=O)N1[C@@H]2CCNC[C@H]1CC2. The molecule has 5 nitrogen and oxygen atoms in total. The van der Waals surface area contributed by atoms with Crippen LogP contribution in [0.3, 0.4) is 0 Å². The Morgan fingerprint density at radius 3 is 2.95 bits per heavy atom. The van der Waals surface area contributed by atoms with Gasteiger partial charge in [-0.15, -0.1) is 0 Å². The number of aromatic nitrogens is 1. The predicted octanol–water partition coefficient (Wildman–Crippen LogP) is 0.863. The molecule has 0 saturated carbocycles. The van der Waals surface area contributed by atoms with Crippen LogP contribution in [0.1, 0.15) is 35.3 Å². The van der Waals surface area contributed by atoms with Gasteiger partial charge in [0.1, 0.15) is 11.8 Å². The van der Waals surface area contributed by atoms with Crippen LogP contribution in [0.15, 0.2) is 12.3 Å². The van der Waals surface area contributed by atoms with Gasteiger partial charge in [-0.1, -0.05) is 0 Å². The third kappa shape index (κ3) is 2.02. The van der Waals surface area contributed by atoms with Crippen molar-refractivity contribution in [1.82, 2.24) is 14.8 Å². The lowest BCUT2D eigenvalue weighted by Crippen LogP contribution is -2.43. The first kappa shape index (κ1) is 12.2. The van der Waals surface area contributed by atoms with Gasteiger partial charge in [0.25, 0.3) is 5.91 Å². The molecule has 0 unspecified atom stereocenters. The number of carbonyl (C=O) groups excluding carboxylic acids is 1. The Morgan fingerprint density at radius 2 is 2.21 bits per heavy atom. The monoisotopic (exact) mass is 258 g/mol. The Hall–Kier alpha value is -1.80. The molecule has 2 saturated heterocycles. The number of rotatable bonds is 1. The first-order valence-corrected chi connectivity index (χ1v) is 6.80. The molecule has 0 aromatic carbocycles. The van der Waals surface area contributed by atoms with E-state index in [1.54, 1.807) is 16.8 Å². The van der Waals surface area contributed by atoms with Gasteiger partial charge in [0, 0.05) is 31.9 Å². The van der Waals surface area contributed by atoms with Crippen molar-refractivity contribution >= 4 is 5.91 Å². The first-order chi connectivity index (χ1) is 9.20. The van der Waals surface area contributed by atoms with E-state index in [1.165, 1.54) is 0 Å². The minimum atomic E-state index is 0.0696. The van der Waals surface area contributed by atoms with E-state index >= 15 is 0 Å². The second-order valence-electron chi connectivity index (χ2n) is 5.43. The number of nitrogens with one attached hydrogen (secondary N) is 1. The van der Waals surface area contributed by atoms with Crippen LogP contribution in [0, 0.1) is 11.3 Å². The Balaban J connectivity index is 1.91. The van der Waals surface area contributed by atoms with Crippen LogP contribution in [0.25, 0.3) is 0 Å². The van der Waals surface area contributed by atoms with Crippen molar-refractivity contribution in [2.24, 2.45) is 7.05 Å². The standard InChI is InChI=1S/C14H18N4O/c1-17-9-10(7-15)6-13(17)14(19)18-11-2-3-12(18)8-16-5-4-11/h6,9,11-12,16H,2-5,8H2,1H3/t11-,12+/m0/s1. The highest BCUT2D eigenvalue weighted by Crippen LogP contribution is 2.29. The molecule has 5 heteroatoms. The van der Waals surface area contributed by atoms with Crippen molar-refractivity contribution < 1.29 is 4.79 Å². The van der Waals surface area contributed by atoms with Crippen LogP contribution in [0.4, 0.5) is 0 Å². The van der Waals surface area contributed by atoms with Gasteiger partial charge in [0.15, 0.2) is 0 Å². The second-order valence-corrected chi connectivity index (χ2v) is 5.43. The van der Waals surface area contributed by atoms with Crippen molar-refractivity contribution in [3.05, 3.63) is 23.5 Å². The highest BCUT2D eigenvalue weighted by atomic mass is 16.2. The van der Waals surface area contributed by atoms with Crippen LogP contribution in [-0.2, 0) is 7.05 Å². The fraction of sp³-hybridized carbons (Fsp3) is 0.571. The Labute approximate surface area is 112 Å². The fourth-order valence-electron chi connectivity index (χ4n) is 3.28. The highest BCUT2D eigenvalue weighted by molar-refractivity contribution is 5.94. The minimum Gasteiger partial charge on any atom is -0.345 e. The van der Waals surface area contributed by atoms with Crippen molar-refractivity contribution in [2.45, 2.75) is 31.3 Å².